The summed E-state index contributed by atoms with van der Waals surface area (Å²) in [4.78, 5) is 19.9. The van der Waals surface area contributed by atoms with Gasteiger partial charge >= 0.3 is 0 Å². The number of carbonyl (C=O) groups is 1. The lowest BCUT2D eigenvalue weighted by Gasteiger charge is -2.25. The summed E-state index contributed by atoms with van der Waals surface area (Å²) < 4.78 is 5.36. The number of carbonyl (C=O) groups excluding carboxylic acids is 1. The van der Waals surface area contributed by atoms with E-state index in [1.807, 2.05) is 56.3 Å². The minimum absolute atomic E-state index is 0.0309. The fourth-order valence-corrected chi connectivity index (χ4v) is 3.00. The van der Waals surface area contributed by atoms with Crippen LogP contribution in [0.5, 0.6) is 0 Å². The standard InChI is InChI=1S/C19H28N4O2S/c1-19(2,3)22-17(24)14-23(4)18(21-13-16-8-6-12-26-16)20-10-9-15-7-5-11-25-15/h5-8,11-12H,9-10,13-14H2,1-4H3,(H,20,21)(H,22,24). The molecule has 0 radical (unpaired) electrons. The predicted octanol–water partition coefficient (Wildman–Crippen LogP) is 2.88. The zero-order valence-corrected chi connectivity index (χ0v) is 16.7. The van der Waals surface area contributed by atoms with Crippen molar-refractivity contribution in [2.24, 2.45) is 4.99 Å². The van der Waals surface area contributed by atoms with Crippen molar-refractivity contribution in [2.75, 3.05) is 20.1 Å². The second-order valence-electron chi connectivity index (χ2n) is 7.13. The Kier molecular flexibility index (Phi) is 7.26. The van der Waals surface area contributed by atoms with Crippen LogP contribution in [0.4, 0.5) is 0 Å². The Morgan fingerprint density at radius 1 is 1.31 bits per heavy atom. The molecule has 0 atom stereocenters. The molecule has 0 bridgehead atoms. The summed E-state index contributed by atoms with van der Waals surface area (Å²) in [7, 11) is 1.87. The molecule has 1 amide bonds. The number of thiophene rings is 1. The van der Waals surface area contributed by atoms with Gasteiger partial charge in [0.05, 0.1) is 19.4 Å². The van der Waals surface area contributed by atoms with E-state index in [2.05, 4.69) is 21.7 Å². The predicted molar refractivity (Wildman–Crippen MR) is 106 cm³/mol. The van der Waals surface area contributed by atoms with Crippen LogP contribution in [-0.4, -0.2) is 42.4 Å². The monoisotopic (exact) mass is 376 g/mol. The van der Waals surface area contributed by atoms with Crippen LogP contribution < -0.4 is 10.6 Å². The summed E-state index contributed by atoms with van der Waals surface area (Å²) in [5.41, 5.74) is -0.251. The fraction of sp³-hybridized carbons (Fsp3) is 0.474. The van der Waals surface area contributed by atoms with Gasteiger partial charge in [0.25, 0.3) is 0 Å². The molecule has 2 aromatic rings. The highest BCUT2D eigenvalue weighted by Crippen LogP contribution is 2.10. The first-order valence-corrected chi connectivity index (χ1v) is 9.57. The van der Waals surface area contributed by atoms with Gasteiger partial charge in [0.2, 0.25) is 5.91 Å². The zero-order valence-electron chi connectivity index (χ0n) is 15.9. The number of hydrogen-bond donors (Lipinski definition) is 2. The van der Waals surface area contributed by atoms with Gasteiger partial charge in [0.15, 0.2) is 5.96 Å². The Bertz CT molecular complexity index is 688. The Balaban J connectivity index is 1.96. The second kappa shape index (κ2) is 9.43. The molecule has 6 nitrogen and oxygen atoms in total. The van der Waals surface area contributed by atoms with Gasteiger partial charge in [-0.3, -0.25) is 4.79 Å². The SMILES string of the molecule is CN(CC(=O)NC(C)(C)C)C(=NCc1cccs1)NCCc1ccco1. The minimum Gasteiger partial charge on any atom is -0.469 e. The van der Waals surface area contributed by atoms with Crippen molar-refractivity contribution in [3.05, 3.63) is 46.5 Å². The van der Waals surface area contributed by atoms with Crippen molar-refractivity contribution in [3.63, 3.8) is 0 Å². The fourth-order valence-electron chi connectivity index (χ4n) is 2.37. The van der Waals surface area contributed by atoms with Gasteiger partial charge in [-0.15, -0.1) is 11.3 Å². The van der Waals surface area contributed by atoms with Crippen LogP contribution >= 0.6 is 11.3 Å². The Morgan fingerprint density at radius 3 is 2.73 bits per heavy atom. The molecule has 7 heteroatoms. The summed E-state index contributed by atoms with van der Waals surface area (Å²) in [6, 6.07) is 7.90. The van der Waals surface area contributed by atoms with Gasteiger partial charge in [0, 0.05) is 30.4 Å². The molecule has 0 aliphatic carbocycles. The van der Waals surface area contributed by atoms with Crippen LogP contribution in [0.1, 0.15) is 31.4 Å². The molecule has 0 unspecified atom stereocenters. The van der Waals surface area contributed by atoms with E-state index in [1.54, 1.807) is 17.6 Å². The number of aliphatic imine (C=N–C) groups is 1. The smallest absolute Gasteiger partial charge is 0.240 e. The van der Waals surface area contributed by atoms with Crippen LogP contribution in [0.3, 0.4) is 0 Å². The van der Waals surface area contributed by atoms with Crippen LogP contribution in [0.2, 0.25) is 0 Å². The van der Waals surface area contributed by atoms with Gasteiger partial charge in [-0.05, 0) is 44.4 Å². The first-order chi connectivity index (χ1) is 12.3. The van der Waals surface area contributed by atoms with Gasteiger partial charge in [-0.1, -0.05) is 6.07 Å². The minimum atomic E-state index is -0.251. The van der Waals surface area contributed by atoms with E-state index in [1.165, 1.54) is 4.88 Å². The molecule has 0 fully saturated rings. The zero-order chi connectivity index (χ0) is 19.0. The van der Waals surface area contributed by atoms with E-state index in [-0.39, 0.29) is 18.0 Å². The van der Waals surface area contributed by atoms with Crippen molar-refractivity contribution in [1.82, 2.24) is 15.5 Å². The number of nitrogens with zero attached hydrogens (tertiary/aromatic N) is 2. The van der Waals surface area contributed by atoms with Crippen molar-refractivity contribution in [1.29, 1.82) is 0 Å². The average Bonchev–Trinajstić information content (AvgIpc) is 3.21. The molecule has 0 aliphatic heterocycles. The molecule has 2 aromatic heterocycles. The summed E-state index contributed by atoms with van der Waals surface area (Å²) in [6.07, 6.45) is 2.43. The quantitative estimate of drug-likeness (QED) is 0.576. The molecule has 0 saturated carbocycles. The largest absolute Gasteiger partial charge is 0.469 e. The Hall–Kier alpha value is -2.28. The van der Waals surface area contributed by atoms with E-state index < -0.39 is 0 Å². The number of hydrogen-bond acceptors (Lipinski definition) is 4. The maximum Gasteiger partial charge on any atom is 0.240 e. The summed E-state index contributed by atoms with van der Waals surface area (Å²) >= 11 is 1.67. The molecule has 0 saturated heterocycles. The lowest BCUT2D eigenvalue weighted by molar-refractivity contribution is -0.122. The molecule has 0 aromatic carbocycles. The van der Waals surface area contributed by atoms with Crippen molar-refractivity contribution in [3.8, 4) is 0 Å². The first-order valence-electron chi connectivity index (χ1n) is 8.69. The van der Waals surface area contributed by atoms with E-state index in [4.69, 9.17) is 4.42 Å². The lowest BCUT2D eigenvalue weighted by atomic mass is 10.1. The number of furan rings is 1. The van der Waals surface area contributed by atoms with Crippen molar-refractivity contribution < 1.29 is 9.21 Å². The van der Waals surface area contributed by atoms with Crippen molar-refractivity contribution >= 4 is 23.2 Å². The molecule has 26 heavy (non-hydrogen) atoms. The van der Waals surface area contributed by atoms with E-state index in [0.29, 0.717) is 19.0 Å². The van der Waals surface area contributed by atoms with E-state index in [0.717, 1.165) is 12.2 Å². The normalized spacial score (nSPS) is 12.1. The Morgan fingerprint density at radius 2 is 2.12 bits per heavy atom. The number of nitrogens with one attached hydrogen (secondary N) is 2. The maximum absolute atomic E-state index is 12.2. The van der Waals surface area contributed by atoms with E-state index >= 15 is 0 Å². The van der Waals surface area contributed by atoms with Gasteiger partial charge in [0.1, 0.15) is 5.76 Å². The number of likely N-dealkylation sites (N-methyl/N-ethyl adjacent to an activating group) is 1. The summed E-state index contributed by atoms with van der Waals surface area (Å²) in [5, 5.41) is 8.34. The third-order valence-electron chi connectivity index (χ3n) is 3.46. The second-order valence-corrected chi connectivity index (χ2v) is 8.16. The third-order valence-corrected chi connectivity index (χ3v) is 4.32. The molecule has 0 spiro atoms. The maximum atomic E-state index is 12.2. The average molecular weight is 377 g/mol. The van der Waals surface area contributed by atoms with Gasteiger partial charge in [-0.2, -0.15) is 0 Å². The number of amides is 1. The van der Waals surface area contributed by atoms with Crippen LogP contribution in [-0.2, 0) is 17.8 Å². The lowest BCUT2D eigenvalue weighted by Crippen LogP contribution is -2.49. The van der Waals surface area contributed by atoms with Crippen molar-refractivity contribution in [2.45, 2.75) is 39.3 Å². The summed E-state index contributed by atoms with van der Waals surface area (Å²) in [5.74, 6) is 1.59. The molecule has 0 aliphatic rings. The highest BCUT2D eigenvalue weighted by Gasteiger charge is 2.17. The highest BCUT2D eigenvalue weighted by molar-refractivity contribution is 7.09. The molecule has 2 rings (SSSR count). The van der Waals surface area contributed by atoms with Crippen LogP contribution in [0.15, 0.2) is 45.3 Å². The molecule has 2 heterocycles. The van der Waals surface area contributed by atoms with Crippen LogP contribution in [0.25, 0.3) is 0 Å². The Labute approximate surface area is 159 Å². The number of rotatable bonds is 7. The highest BCUT2D eigenvalue weighted by atomic mass is 32.1. The van der Waals surface area contributed by atoms with E-state index in [9.17, 15) is 4.79 Å². The van der Waals surface area contributed by atoms with Gasteiger partial charge in [-0.25, -0.2) is 4.99 Å². The van der Waals surface area contributed by atoms with Crippen LogP contribution in [0, 0.1) is 0 Å². The summed E-state index contributed by atoms with van der Waals surface area (Å²) in [6.45, 7) is 7.43. The topological polar surface area (TPSA) is 69.9 Å². The molecular weight excluding hydrogens is 348 g/mol. The molecular formula is C19H28N4O2S. The van der Waals surface area contributed by atoms with Gasteiger partial charge < -0.3 is 20.0 Å². The molecule has 2 N–H and O–H groups in total. The molecule has 142 valence electrons. The first kappa shape index (κ1) is 20.0. The third kappa shape index (κ3) is 7.31. The number of guanidine groups is 1.